The average molecular weight is 257 g/mol. The molecule has 0 aliphatic carbocycles. The third-order valence-corrected chi connectivity index (χ3v) is 2.86. The minimum Gasteiger partial charge on any atom is -0.480 e. The van der Waals surface area contributed by atoms with Crippen LogP contribution in [0.3, 0.4) is 0 Å². The van der Waals surface area contributed by atoms with Crippen LogP contribution in [0.5, 0.6) is 0 Å². The number of nitrogens with one attached hydrogen (secondary N) is 1. The lowest BCUT2D eigenvalue weighted by molar-refractivity contribution is 0.0555. The number of thiophene rings is 1. The highest BCUT2D eigenvalue weighted by atomic mass is 32.1. The van der Waals surface area contributed by atoms with Crippen LogP contribution in [0.4, 0.5) is 8.78 Å². The van der Waals surface area contributed by atoms with Crippen molar-refractivity contribution in [1.29, 1.82) is 5.41 Å². The van der Waals surface area contributed by atoms with Crippen molar-refractivity contribution < 1.29 is 13.5 Å². The van der Waals surface area contributed by atoms with Gasteiger partial charge in [0.05, 0.1) is 12.8 Å². The summed E-state index contributed by atoms with van der Waals surface area (Å²) in [5, 5.41) is 14.8. The van der Waals surface area contributed by atoms with Crippen LogP contribution in [0.15, 0.2) is 22.9 Å². The molecule has 0 aromatic carbocycles. The fourth-order valence-corrected chi connectivity index (χ4v) is 2.02. The molecule has 0 unspecified atom stereocenters. The quantitative estimate of drug-likeness (QED) is 0.678. The van der Waals surface area contributed by atoms with Crippen molar-refractivity contribution in [2.45, 2.75) is 6.55 Å². The molecule has 2 aromatic rings. The number of halogens is 2. The zero-order valence-corrected chi connectivity index (χ0v) is 9.67. The Labute approximate surface area is 100.0 Å². The maximum Gasteiger partial charge on any atom is 0.333 e. The van der Waals surface area contributed by atoms with E-state index in [1.54, 1.807) is 11.4 Å². The van der Waals surface area contributed by atoms with Crippen molar-refractivity contribution in [1.82, 2.24) is 9.78 Å². The third kappa shape index (κ3) is 2.19. The van der Waals surface area contributed by atoms with Gasteiger partial charge in [-0.15, -0.1) is 0 Å². The standard InChI is InChI=1S/C10H9F2N3OS/c1-16-9(13)8-4-7(6-2-3-17-5-6)14-15(8)10(11)12/h2-5,10,13H,1H3. The Balaban J connectivity index is 2.48. The lowest BCUT2D eigenvalue weighted by Crippen LogP contribution is -2.12. The molecule has 0 atom stereocenters. The monoisotopic (exact) mass is 257 g/mol. The van der Waals surface area contributed by atoms with E-state index in [0.717, 1.165) is 5.56 Å². The SMILES string of the molecule is COC(=N)c1cc(-c2ccsc2)nn1C(F)F. The molecule has 0 bridgehead atoms. The number of methoxy groups -OCH3 is 1. The van der Waals surface area contributed by atoms with E-state index in [2.05, 4.69) is 9.84 Å². The van der Waals surface area contributed by atoms with Gasteiger partial charge in [0.15, 0.2) is 0 Å². The van der Waals surface area contributed by atoms with E-state index in [-0.39, 0.29) is 11.6 Å². The third-order valence-electron chi connectivity index (χ3n) is 2.17. The lowest BCUT2D eigenvalue weighted by Gasteiger charge is -2.04. The molecule has 0 amide bonds. The zero-order valence-electron chi connectivity index (χ0n) is 8.85. The fraction of sp³-hybridized carbons (Fsp3) is 0.200. The maximum absolute atomic E-state index is 12.7. The molecule has 0 aliphatic rings. The smallest absolute Gasteiger partial charge is 0.333 e. The van der Waals surface area contributed by atoms with Crippen molar-refractivity contribution in [3.63, 3.8) is 0 Å². The predicted molar refractivity (Wildman–Crippen MR) is 60.6 cm³/mol. The first-order valence-electron chi connectivity index (χ1n) is 4.66. The molecule has 2 heterocycles. The number of hydrogen-bond donors (Lipinski definition) is 1. The fourth-order valence-electron chi connectivity index (χ4n) is 1.37. The zero-order chi connectivity index (χ0) is 12.4. The molecule has 7 heteroatoms. The summed E-state index contributed by atoms with van der Waals surface area (Å²) in [5.41, 5.74) is 1.12. The Morgan fingerprint density at radius 3 is 2.88 bits per heavy atom. The van der Waals surface area contributed by atoms with Crippen molar-refractivity contribution in [2.24, 2.45) is 0 Å². The second-order valence-corrected chi connectivity index (χ2v) is 3.96. The number of nitrogens with zero attached hydrogens (tertiary/aromatic N) is 2. The Morgan fingerprint density at radius 1 is 1.59 bits per heavy atom. The highest BCUT2D eigenvalue weighted by Gasteiger charge is 2.19. The van der Waals surface area contributed by atoms with Gasteiger partial charge < -0.3 is 4.74 Å². The van der Waals surface area contributed by atoms with E-state index in [1.165, 1.54) is 24.5 Å². The predicted octanol–water partition coefficient (Wildman–Crippen LogP) is 2.98. The largest absolute Gasteiger partial charge is 0.480 e. The highest BCUT2D eigenvalue weighted by Crippen LogP contribution is 2.24. The summed E-state index contributed by atoms with van der Waals surface area (Å²) in [6.07, 6.45) is 0. The molecule has 17 heavy (non-hydrogen) atoms. The molecule has 0 aliphatic heterocycles. The van der Waals surface area contributed by atoms with E-state index in [4.69, 9.17) is 5.41 Å². The summed E-state index contributed by atoms with van der Waals surface area (Å²) < 4.78 is 30.6. The van der Waals surface area contributed by atoms with Gasteiger partial charge >= 0.3 is 6.55 Å². The van der Waals surface area contributed by atoms with Crippen LogP contribution in [0.25, 0.3) is 11.3 Å². The summed E-state index contributed by atoms with van der Waals surface area (Å²) in [4.78, 5) is 0. The van der Waals surface area contributed by atoms with Gasteiger partial charge in [0.25, 0.3) is 0 Å². The molecule has 0 saturated carbocycles. The molecule has 0 fully saturated rings. The number of rotatable bonds is 3. The number of alkyl halides is 2. The van der Waals surface area contributed by atoms with Gasteiger partial charge in [-0.3, -0.25) is 5.41 Å². The van der Waals surface area contributed by atoms with Crippen LogP contribution in [0.1, 0.15) is 12.2 Å². The van der Waals surface area contributed by atoms with Crippen molar-refractivity contribution in [3.8, 4) is 11.3 Å². The lowest BCUT2D eigenvalue weighted by atomic mass is 10.2. The molecule has 4 nitrogen and oxygen atoms in total. The number of hydrogen-bond acceptors (Lipinski definition) is 4. The average Bonchev–Trinajstić information content (AvgIpc) is 2.95. The van der Waals surface area contributed by atoms with Crippen molar-refractivity contribution in [2.75, 3.05) is 7.11 Å². The minimum absolute atomic E-state index is 0.0382. The van der Waals surface area contributed by atoms with Gasteiger partial charge in [-0.2, -0.15) is 29.9 Å². The summed E-state index contributed by atoms with van der Waals surface area (Å²) in [7, 11) is 1.26. The molecule has 0 saturated heterocycles. The summed E-state index contributed by atoms with van der Waals surface area (Å²) >= 11 is 1.45. The van der Waals surface area contributed by atoms with E-state index in [1.807, 2.05) is 5.38 Å². The van der Waals surface area contributed by atoms with Crippen LogP contribution < -0.4 is 0 Å². The first-order chi connectivity index (χ1) is 8.13. The van der Waals surface area contributed by atoms with Gasteiger partial charge in [0.2, 0.25) is 5.90 Å². The molecule has 2 aromatic heterocycles. The second kappa shape index (κ2) is 4.62. The number of ether oxygens (including phenoxy) is 1. The molecular weight excluding hydrogens is 248 g/mol. The molecule has 2 rings (SSSR count). The molecule has 0 spiro atoms. The van der Waals surface area contributed by atoms with Crippen molar-refractivity contribution >= 4 is 17.2 Å². The Kier molecular flexibility index (Phi) is 3.19. The molecule has 90 valence electrons. The highest BCUT2D eigenvalue weighted by molar-refractivity contribution is 7.08. The topological polar surface area (TPSA) is 50.9 Å². The first kappa shape index (κ1) is 11.7. The molecule has 1 N–H and O–H groups in total. The van der Waals surface area contributed by atoms with Gasteiger partial charge in [-0.05, 0) is 17.5 Å². The van der Waals surface area contributed by atoms with E-state index in [0.29, 0.717) is 10.4 Å². The Hall–Kier alpha value is -1.76. The Bertz CT molecular complexity index is 522. The van der Waals surface area contributed by atoms with Crippen LogP contribution >= 0.6 is 11.3 Å². The van der Waals surface area contributed by atoms with E-state index < -0.39 is 6.55 Å². The van der Waals surface area contributed by atoms with Gasteiger partial charge in [0.1, 0.15) is 5.69 Å². The van der Waals surface area contributed by atoms with Gasteiger partial charge in [-0.25, -0.2) is 0 Å². The first-order valence-corrected chi connectivity index (χ1v) is 5.61. The second-order valence-electron chi connectivity index (χ2n) is 3.18. The van der Waals surface area contributed by atoms with Crippen LogP contribution in [0.2, 0.25) is 0 Å². The van der Waals surface area contributed by atoms with E-state index in [9.17, 15) is 8.78 Å². The summed E-state index contributed by atoms with van der Waals surface area (Å²) in [5.74, 6) is -0.334. The van der Waals surface area contributed by atoms with E-state index >= 15 is 0 Å². The van der Waals surface area contributed by atoms with Gasteiger partial charge in [0, 0.05) is 10.9 Å². The number of aromatic nitrogens is 2. The summed E-state index contributed by atoms with van der Waals surface area (Å²) in [6, 6.07) is 3.20. The summed E-state index contributed by atoms with van der Waals surface area (Å²) in [6.45, 7) is -2.80. The van der Waals surface area contributed by atoms with Crippen LogP contribution in [-0.2, 0) is 4.74 Å². The Morgan fingerprint density at radius 2 is 2.35 bits per heavy atom. The minimum atomic E-state index is -2.80. The van der Waals surface area contributed by atoms with Crippen molar-refractivity contribution in [3.05, 3.63) is 28.6 Å². The van der Waals surface area contributed by atoms with Gasteiger partial charge in [-0.1, -0.05) is 0 Å². The normalized spacial score (nSPS) is 10.8. The molecule has 0 radical (unpaired) electrons. The van der Waals surface area contributed by atoms with Crippen LogP contribution in [-0.4, -0.2) is 22.8 Å². The van der Waals surface area contributed by atoms with Crippen LogP contribution in [0, 0.1) is 5.41 Å². The molecular formula is C10H9F2N3OS. The maximum atomic E-state index is 12.7.